The van der Waals surface area contributed by atoms with Crippen molar-refractivity contribution in [2.45, 2.75) is 6.92 Å². The second-order valence-corrected chi connectivity index (χ2v) is 3.45. The Hall–Kier alpha value is -1.27. The van der Waals surface area contributed by atoms with Crippen LogP contribution >= 0.6 is 11.6 Å². The number of hydrogen-bond donors (Lipinski definition) is 1. The minimum absolute atomic E-state index is 0.101. The Morgan fingerprint density at radius 2 is 2.36 bits per heavy atom. The molecule has 74 valence electrons. The van der Waals surface area contributed by atoms with Crippen LogP contribution in [0.1, 0.15) is 6.92 Å². The average molecular weight is 213 g/mol. The Labute approximate surface area is 87.3 Å². The zero-order valence-corrected chi connectivity index (χ0v) is 8.48. The Morgan fingerprint density at radius 3 is 2.93 bits per heavy atom. The Balaban J connectivity index is 2.61. The fourth-order valence-corrected chi connectivity index (χ4v) is 1.04. The van der Waals surface area contributed by atoms with E-state index >= 15 is 0 Å². The first-order chi connectivity index (χ1) is 6.63. The number of nitrogens with zero attached hydrogens (tertiary/aromatic N) is 1. The Morgan fingerprint density at radius 1 is 1.64 bits per heavy atom. The number of halogens is 2. The SMILES string of the molecule is CC(C#N)CNc1ccc(Cl)c(F)c1. The van der Waals surface area contributed by atoms with Crippen LogP contribution in [0.25, 0.3) is 0 Å². The van der Waals surface area contributed by atoms with E-state index < -0.39 is 5.82 Å². The summed E-state index contributed by atoms with van der Waals surface area (Å²) in [6.07, 6.45) is 0. The van der Waals surface area contributed by atoms with Crippen molar-refractivity contribution in [1.29, 1.82) is 5.26 Å². The van der Waals surface area contributed by atoms with Crippen LogP contribution in [0.4, 0.5) is 10.1 Å². The zero-order chi connectivity index (χ0) is 10.6. The normalized spacial score (nSPS) is 11.9. The smallest absolute Gasteiger partial charge is 0.143 e. The molecule has 0 aliphatic rings. The molecule has 0 aliphatic heterocycles. The first kappa shape index (κ1) is 10.8. The van der Waals surface area contributed by atoms with Gasteiger partial charge in [0.1, 0.15) is 5.82 Å². The lowest BCUT2D eigenvalue weighted by Gasteiger charge is -2.07. The van der Waals surface area contributed by atoms with Crippen LogP contribution in [-0.4, -0.2) is 6.54 Å². The van der Waals surface area contributed by atoms with Gasteiger partial charge in [-0.15, -0.1) is 0 Å². The van der Waals surface area contributed by atoms with Gasteiger partial charge >= 0.3 is 0 Å². The van der Waals surface area contributed by atoms with Gasteiger partial charge in [0, 0.05) is 12.2 Å². The molecular weight excluding hydrogens is 203 g/mol. The lowest BCUT2D eigenvalue weighted by molar-refractivity contribution is 0.628. The largest absolute Gasteiger partial charge is 0.384 e. The molecule has 0 fully saturated rings. The fourth-order valence-electron chi connectivity index (χ4n) is 0.923. The molecule has 0 aromatic heterocycles. The molecule has 0 amide bonds. The summed E-state index contributed by atoms with van der Waals surface area (Å²) >= 11 is 5.52. The van der Waals surface area contributed by atoms with Gasteiger partial charge in [-0.2, -0.15) is 5.26 Å². The van der Waals surface area contributed by atoms with E-state index in [9.17, 15) is 4.39 Å². The highest BCUT2D eigenvalue weighted by molar-refractivity contribution is 6.30. The minimum atomic E-state index is -0.457. The topological polar surface area (TPSA) is 35.8 Å². The maximum absolute atomic E-state index is 12.9. The third-order valence-electron chi connectivity index (χ3n) is 1.75. The van der Waals surface area contributed by atoms with Gasteiger partial charge in [-0.25, -0.2) is 4.39 Å². The Bertz CT molecular complexity index is 360. The molecule has 0 radical (unpaired) electrons. The van der Waals surface area contributed by atoms with Crippen molar-refractivity contribution in [1.82, 2.24) is 0 Å². The van der Waals surface area contributed by atoms with Crippen LogP contribution < -0.4 is 5.32 Å². The number of nitriles is 1. The summed E-state index contributed by atoms with van der Waals surface area (Å²) in [5, 5.41) is 11.6. The second-order valence-electron chi connectivity index (χ2n) is 3.04. The van der Waals surface area contributed by atoms with Crippen LogP contribution in [0, 0.1) is 23.1 Å². The van der Waals surface area contributed by atoms with E-state index in [2.05, 4.69) is 11.4 Å². The van der Waals surface area contributed by atoms with E-state index in [1.54, 1.807) is 13.0 Å². The molecule has 1 aromatic rings. The standard InChI is InChI=1S/C10H10ClFN2/c1-7(5-13)6-14-8-2-3-9(11)10(12)4-8/h2-4,7,14H,6H2,1H3. The zero-order valence-electron chi connectivity index (χ0n) is 7.72. The van der Waals surface area contributed by atoms with Crippen molar-refractivity contribution < 1.29 is 4.39 Å². The van der Waals surface area contributed by atoms with Gasteiger partial charge in [0.25, 0.3) is 0 Å². The van der Waals surface area contributed by atoms with Gasteiger partial charge in [0.05, 0.1) is 17.0 Å². The van der Waals surface area contributed by atoms with E-state index in [4.69, 9.17) is 16.9 Å². The maximum Gasteiger partial charge on any atom is 0.143 e. The highest BCUT2D eigenvalue weighted by atomic mass is 35.5. The molecule has 0 heterocycles. The van der Waals surface area contributed by atoms with E-state index in [-0.39, 0.29) is 10.9 Å². The number of nitrogens with one attached hydrogen (secondary N) is 1. The van der Waals surface area contributed by atoms with Gasteiger partial charge in [-0.05, 0) is 25.1 Å². The summed E-state index contributed by atoms with van der Waals surface area (Å²) in [5.41, 5.74) is 0.633. The van der Waals surface area contributed by atoms with Gasteiger partial charge in [0.2, 0.25) is 0 Å². The van der Waals surface area contributed by atoms with E-state index in [0.29, 0.717) is 12.2 Å². The molecule has 1 aromatic carbocycles. The third-order valence-corrected chi connectivity index (χ3v) is 2.06. The molecule has 4 heteroatoms. The van der Waals surface area contributed by atoms with Crippen LogP contribution in [0.5, 0.6) is 0 Å². The molecule has 14 heavy (non-hydrogen) atoms. The highest BCUT2D eigenvalue weighted by Crippen LogP contribution is 2.18. The van der Waals surface area contributed by atoms with Crippen molar-refractivity contribution in [3.05, 3.63) is 29.0 Å². The van der Waals surface area contributed by atoms with Crippen LogP contribution in [0.3, 0.4) is 0 Å². The lowest BCUT2D eigenvalue weighted by Crippen LogP contribution is -2.09. The predicted octanol–water partition coefficient (Wildman–Crippen LogP) is 3.05. The molecule has 1 rings (SSSR count). The van der Waals surface area contributed by atoms with Crippen molar-refractivity contribution in [3.8, 4) is 6.07 Å². The van der Waals surface area contributed by atoms with Gasteiger partial charge < -0.3 is 5.32 Å². The fraction of sp³-hybridized carbons (Fsp3) is 0.300. The maximum atomic E-state index is 12.9. The molecule has 1 atom stereocenters. The van der Waals surface area contributed by atoms with Crippen molar-refractivity contribution in [2.75, 3.05) is 11.9 Å². The summed E-state index contributed by atoms with van der Waals surface area (Å²) in [5.74, 6) is -0.560. The van der Waals surface area contributed by atoms with Crippen molar-refractivity contribution in [3.63, 3.8) is 0 Å². The number of hydrogen-bond acceptors (Lipinski definition) is 2. The van der Waals surface area contributed by atoms with Crippen LogP contribution in [-0.2, 0) is 0 Å². The van der Waals surface area contributed by atoms with E-state index in [1.807, 2.05) is 0 Å². The van der Waals surface area contributed by atoms with Crippen LogP contribution in [0.15, 0.2) is 18.2 Å². The van der Waals surface area contributed by atoms with E-state index in [1.165, 1.54) is 12.1 Å². The summed E-state index contributed by atoms with van der Waals surface area (Å²) in [7, 11) is 0. The molecule has 0 aliphatic carbocycles. The van der Waals surface area contributed by atoms with Gasteiger partial charge in [-0.1, -0.05) is 11.6 Å². The molecule has 0 saturated carbocycles. The molecule has 1 unspecified atom stereocenters. The van der Waals surface area contributed by atoms with Crippen molar-refractivity contribution in [2.24, 2.45) is 5.92 Å². The molecule has 0 spiro atoms. The first-order valence-corrected chi connectivity index (χ1v) is 4.60. The molecule has 0 saturated heterocycles. The predicted molar refractivity (Wildman–Crippen MR) is 54.7 cm³/mol. The molecule has 1 N–H and O–H groups in total. The Kier molecular flexibility index (Phi) is 3.73. The monoisotopic (exact) mass is 212 g/mol. The van der Waals surface area contributed by atoms with Crippen LogP contribution in [0.2, 0.25) is 5.02 Å². The number of rotatable bonds is 3. The van der Waals surface area contributed by atoms with Crippen molar-refractivity contribution >= 4 is 17.3 Å². The van der Waals surface area contributed by atoms with Gasteiger partial charge in [-0.3, -0.25) is 0 Å². The number of benzene rings is 1. The first-order valence-electron chi connectivity index (χ1n) is 4.22. The molecular formula is C10H10ClFN2. The summed E-state index contributed by atoms with van der Waals surface area (Å²) in [4.78, 5) is 0. The average Bonchev–Trinajstić information content (AvgIpc) is 2.19. The minimum Gasteiger partial charge on any atom is -0.384 e. The summed E-state index contributed by atoms with van der Waals surface area (Å²) in [6.45, 7) is 2.29. The number of anilines is 1. The second kappa shape index (κ2) is 4.83. The van der Waals surface area contributed by atoms with E-state index in [0.717, 1.165) is 0 Å². The third kappa shape index (κ3) is 2.90. The molecule has 2 nitrogen and oxygen atoms in total. The summed E-state index contributed by atoms with van der Waals surface area (Å²) < 4.78 is 12.9. The lowest BCUT2D eigenvalue weighted by atomic mass is 10.2. The highest BCUT2D eigenvalue weighted by Gasteiger charge is 2.02. The molecule has 0 bridgehead atoms. The quantitative estimate of drug-likeness (QED) is 0.836. The van der Waals surface area contributed by atoms with Gasteiger partial charge in [0.15, 0.2) is 0 Å². The summed E-state index contributed by atoms with van der Waals surface area (Å²) in [6, 6.07) is 6.55.